The van der Waals surface area contributed by atoms with Crippen LogP contribution >= 0.6 is 0 Å². The van der Waals surface area contributed by atoms with Gasteiger partial charge in [-0.15, -0.1) is 0 Å². The number of rotatable bonds is 4. The molecule has 4 nitrogen and oxygen atoms in total. The Morgan fingerprint density at radius 2 is 1.76 bits per heavy atom. The molecule has 1 aromatic heterocycles. The Labute approximate surface area is 144 Å². The molecule has 0 unspecified atom stereocenters. The SMILES string of the molecule is C=C(C)Cn1cc(C(=C(F)B2OC(C)(C)C(C)(C)O2)C(F)(F)F)cn1. The number of hydrogen-bond donors (Lipinski definition) is 0. The summed E-state index contributed by atoms with van der Waals surface area (Å²) in [6.45, 7) is 12.2. The minimum atomic E-state index is -4.93. The number of halogens is 4. The summed E-state index contributed by atoms with van der Waals surface area (Å²) >= 11 is 0. The fourth-order valence-corrected chi connectivity index (χ4v) is 2.36. The maximum absolute atomic E-state index is 14.8. The molecule has 2 rings (SSSR count). The van der Waals surface area contributed by atoms with Crippen LogP contribution in [0.25, 0.3) is 5.57 Å². The summed E-state index contributed by atoms with van der Waals surface area (Å²) in [6, 6.07) is 0. The van der Waals surface area contributed by atoms with Gasteiger partial charge in [0.05, 0.1) is 29.5 Å². The zero-order valence-corrected chi connectivity index (χ0v) is 14.9. The van der Waals surface area contributed by atoms with Gasteiger partial charge in [0.15, 0.2) is 0 Å². The molecule has 1 fully saturated rings. The molecule has 1 aliphatic rings. The van der Waals surface area contributed by atoms with Crippen LogP contribution < -0.4 is 0 Å². The Balaban J connectivity index is 2.45. The van der Waals surface area contributed by atoms with E-state index in [1.807, 2.05) is 0 Å². The molecule has 0 amide bonds. The lowest BCUT2D eigenvalue weighted by Gasteiger charge is -2.32. The molecule has 0 saturated carbocycles. The molecule has 138 valence electrons. The summed E-state index contributed by atoms with van der Waals surface area (Å²) < 4.78 is 67.3. The van der Waals surface area contributed by atoms with Crippen LogP contribution in [0.2, 0.25) is 0 Å². The molecule has 0 spiro atoms. The van der Waals surface area contributed by atoms with Crippen molar-refractivity contribution in [2.45, 2.75) is 58.5 Å². The maximum atomic E-state index is 14.8. The van der Waals surface area contributed by atoms with Crippen molar-refractivity contribution >= 4 is 12.7 Å². The highest BCUT2D eigenvalue weighted by molar-refractivity contribution is 6.55. The van der Waals surface area contributed by atoms with Gasteiger partial charge in [-0.3, -0.25) is 4.68 Å². The summed E-state index contributed by atoms with van der Waals surface area (Å²) in [5.41, 5.74) is -4.54. The minimum Gasteiger partial charge on any atom is -0.398 e. The summed E-state index contributed by atoms with van der Waals surface area (Å²) in [6.07, 6.45) is -2.83. The van der Waals surface area contributed by atoms with Crippen molar-refractivity contribution in [3.8, 4) is 0 Å². The standard InChI is InChI=1S/C16H21BF4N2O2/c1-10(2)8-23-9-11(7-22-23)12(16(19,20)21)13(18)17-24-14(3,4)15(5,6)25-17/h7,9H,1,8H2,2-6H3. The lowest BCUT2D eigenvalue weighted by molar-refractivity contribution is -0.0699. The molecule has 2 heterocycles. The molecule has 9 heteroatoms. The first kappa shape index (κ1) is 19.7. The van der Waals surface area contributed by atoms with E-state index in [1.54, 1.807) is 34.6 Å². The molecule has 25 heavy (non-hydrogen) atoms. The molecule has 1 aromatic rings. The smallest absolute Gasteiger partial charge is 0.398 e. The van der Waals surface area contributed by atoms with Gasteiger partial charge in [0, 0.05) is 11.8 Å². The van der Waals surface area contributed by atoms with E-state index in [9.17, 15) is 17.6 Å². The quantitative estimate of drug-likeness (QED) is 0.456. The first-order valence-electron chi connectivity index (χ1n) is 7.74. The second-order valence-electron chi connectivity index (χ2n) is 7.19. The Hall–Kier alpha value is -1.61. The van der Waals surface area contributed by atoms with Crippen molar-refractivity contribution in [2.24, 2.45) is 0 Å². The first-order chi connectivity index (χ1) is 11.2. The van der Waals surface area contributed by atoms with E-state index in [1.165, 1.54) is 4.68 Å². The predicted octanol–water partition coefficient (Wildman–Crippen LogP) is 4.33. The summed E-state index contributed by atoms with van der Waals surface area (Å²) in [5.74, 6) is 0. The summed E-state index contributed by atoms with van der Waals surface area (Å²) in [7, 11) is -1.73. The second-order valence-corrected chi connectivity index (χ2v) is 7.19. The molecule has 0 aromatic carbocycles. The molecular formula is C16H21BF4N2O2. The van der Waals surface area contributed by atoms with Crippen LogP contribution in [0.15, 0.2) is 30.3 Å². The lowest BCUT2D eigenvalue weighted by atomic mass is 9.83. The average molecular weight is 360 g/mol. The zero-order valence-electron chi connectivity index (χ0n) is 14.9. The summed E-state index contributed by atoms with van der Waals surface area (Å²) in [5, 5.41) is 3.83. The third-order valence-corrected chi connectivity index (χ3v) is 4.34. The normalized spacial score (nSPS) is 20.6. The topological polar surface area (TPSA) is 36.3 Å². The highest BCUT2D eigenvalue weighted by Gasteiger charge is 2.55. The van der Waals surface area contributed by atoms with Gasteiger partial charge in [-0.05, 0) is 34.6 Å². The van der Waals surface area contributed by atoms with Crippen molar-refractivity contribution in [2.75, 3.05) is 0 Å². The molecule has 0 radical (unpaired) electrons. The Bertz CT molecular complexity index is 691. The summed E-state index contributed by atoms with van der Waals surface area (Å²) in [4.78, 5) is 0. The molecular weight excluding hydrogens is 339 g/mol. The third kappa shape index (κ3) is 3.98. The molecule has 0 bridgehead atoms. The lowest BCUT2D eigenvalue weighted by Crippen LogP contribution is -2.41. The van der Waals surface area contributed by atoms with E-state index in [-0.39, 0.29) is 12.1 Å². The van der Waals surface area contributed by atoms with Gasteiger partial charge in [0.2, 0.25) is 0 Å². The van der Waals surface area contributed by atoms with Gasteiger partial charge in [-0.2, -0.15) is 18.3 Å². The Kier molecular flexibility index (Phi) is 4.95. The highest BCUT2D eigenvalue weighted by Crippen LogP contribution is 2.43. The van der Waals surface area contributed by atoms with E-state index in [4.69, 9.17) is 9.31 Å². The van der Waals surface area contributed by atoms with E-state index in [0.717, 1.165) is 12.4 Å². The van der Waals surface area contributed by atoms with Gasteiger partial charge in [0.25, 0.3) is 0 Å². The molecule has 0 N–H and O–H groups in total. The number of alkyl halides is 3. The fraction of sp³-hybridized carbons (Fsp3) is 0.562. The van der Waals surface area contributed by atoms with Crippen molar-refractivity contribution < 1.29 is 26.9 Å². The van der Waals surface area contributed by atoms with Crippen molar-refractivity contribution in [1.82, 2.24) is 9.78 Å². The van der Waals surface area contributed by atoms with Crippen LogP contribution in [-0.4, -0.2) is 34.3 Å². The Morgan fingerprint density at radius 3 is 2.20 bits per heavy atom. The van der Waals surface area contributed by atoms with E-state index in [2.05, 4.69) is 11.7 Å². The fourth-order valence-electron chi connectivity index (χ4n) is 2.36. The van der Waals surface area contributed by atoms with Gasteiger partial charge in [0.1, 0.15) is 5.73 Å². The predicted molar refractivity (Wildman–Crippen MR) is 87.2 cm³/mol. The van der Waals surface area contributed by atoms with Gasteiger partial charge in [-0.25, -0.2) is 4.39 Å². The van der Waals surface area contributed by atoms with Crippen molar-refractivity contribution in [3.05, 3.63) is 35.8 Å². The monoisotopic (exact) mass is 360 g/mol. The van der Waals surface area contributed by atoms with E-state index < -0.39 is 35.8 Å². The van der Waals surface area contributed by atoms with Gasteiger partial charge >= 0.3 is 13.3 Å². The number of aromatic nitrogens is 2. The highest BCUT2D eigenvalue weighted by atomic mass is 19.4. The molecule has 0 atom stereocenters. The van der Waals surface area contributed by atoms with Crippen LogP contribution in [0.1, 0.15) is 40.2 Å². The minimum absolute atomic E-state index is 0.239. The number of hydrogen-bond acceptors (Lipinski definition) is 3. The van der Waals surface area contributed by atoms with Crippen LogP contribution in [0, 0.1) is 0 Å². The number of nitrogens with zero attached hydrogens (tertiary/aromatic N) is 2. The largest absolute Gasteiger partial charge is 0.525 e. The van der Waals surface area contributed by atoms with Crippen LogP contribution in [0.3, 0.4) is 0 Å². The van der Waals surface area contributed by atoms with E-state index in [0.29, 0.717) is 5.57 Å². The Morgan fingerprint density at radius 1 is 1.24 bits per heavy atom. The third-order valence-electron chi connectivity index (χ3n) is 4.34. The molecule has 1 saturated heterocycles. The van der Waals surface area contributed by atoms with Crippen LogP contribution in [-0.2, 0) is 15.9 Å². The first-order valence-corrected chi connectivity index (χ1v) is 7.74. The number of allylic oxidation sites excluding steroid dienone is 2. The van der Waals surface area contributed by atoms with Crippen molar-refractivity contribution in [1.29, 1.82) is 0 Å². The average Bonchev–Trinajstić information content (AvgIpc) is 2.90. The molecule has 0 aliphatic carbocycles. The molecule has 1 aliphatic heterocycles. The van der Waals surface area contributed by atoms with Gasteiger partial charge in [-0.1, -0.05) is 12.2 Å². The van der Waals surface area contributed by atoms with Gasteiger partial charge < -0.3 is 9.31 Å². The maximum Gasteiger partial charge on any atom is 0.525 e. The van der Waals surface area contributed by atoms with Crippen LogP contribution in [0.4, 0.5) is 17.6 Å². The second kappa shape index (κ2) is 6.28. The zero-order chi connectivity index (χ0) is 19.2. The van der Waals surface area contributed by atoms with E-state index >= 15 is 0 Å². The van der Waals surface area contributed by atoms with Crippen molar-refractivity contribution in [3.63, 3.8) is 0 Å². The van der Waals surface area contributed by atoms with Crippen LogP contribution in [0.5, 0.6) is 0 Å².